The number of hydrogen-bond acceptors (Lipinski definition) is 2. The zero-order chi connectivity index (χ0) is 13.6. The molecule has 3 heteroatoms. The molecule has 1 saturated heterocycles. The smallest absolute Gasteiger partial charge is 0.0400 e. The first-order chi connectivity index (χ1) is 9.92. The molecule has 1 fully saturated rings. The minimum Gasteiger partial charge on any atom is -0.381 e. The summed E-state index contributed by atoms with van der Waals surface area (Å²) in [6.45, 7) is 2.03. The standard InChI is InChI=1S/C18H22N2.ClH/c1-2-6-15(7-3-1)14-20-17-11-9-16(10-12-17)18-8-4-5-13-19-18;/h1-3,6-7,9-12,18-20H,4-5,8,13-14H2;1H/t18-;/m0./s1. The normalized spacial score (nSPS) is 17.8. The Kier molecular flexibility index (Phi) is 6.09. The molecule has 0 aliphatic carbocycles. The molecule has 0 saturated carbocycles. The van der Waals surface area contributed by atoms with E-state index in [0.717, 1.165) is 13.1 Å². The second kappa shape index (κ2) is 8.06. The molecule has 0 aromatic heterocycles. The number of piperidine rings is 1. The van der Waals surface area contributed by atoms with E-state index in [4.69, 9.17) is 0 Å². The predicted molar refractivity (Wildman–Crippen MR) is 92.1 cm³/mol. The highest BCUT2D eigenvalue weighted by Gasteiger charge is 2.13. The molecule has 0 radical (unpaired) electrons. The lowest BCUT2D eigenvalue weighted by atomic mass is 9.97. The summed E-state index contributed by atoms with van der Waals surface area (Å²) in [5.74, 6) is 0. The van der Waals surface area contributed by atoms with Gasteiger partial charge in [-0.15, -0.1) is 12.4 Å². The molecule has 0 bridgehead atoms. The Morgan fingerprint density at radius 3 is 2.38 bits per heavy atom. The largest absolute Gasteiger partial charge is 0.381 e. The molecule has 0 amide bonds. The fraction of sp³-hybridized carbons (Fsp3) is 0.333. The molecule has 1 heterocycles. The number of rotatable bonds is 4. The fourth-order valence-corrected chi connectivity index (χ4v) is 2.77. The van der Waals surface area contributed by atoms with E-state index in [2.05, 4.69) is 65.2 Å². The van der Waals surface area contributed by atoms with E-state index in [1.165, 1.54) is 36.1 Å². The number of halogens is 1. The first kappa shape index (κ1) is 15.9. The van der Waals surface area contributed by atoms with Crippen LogP contribution in [-0.4, -0.2) is 6.54 Å². The average molecular weight is 303 g/mol. The molecule has 1 aliphatic heterocycles. The SMILES string of the molecule is Cl.c1ccc(CNc2ccc([C@@H]3CCCCN3)cc2)cc1. The van der Waals surface area contributed by atoms with Crippen molar-refractivity contribution >= 4 is 18.1 Å². The number of anilines is 1. The van der Waals surface area contributed by atoms with Crippen molar-refractivity contribution in [2.24, 2.45) is 0 Å². The van der Waals surface area contributed by atoms with Crippen LogP contribution in [0.2, 0.25) is 0 Å². The summed E-state index contributed by atoms with van der Waals surface area (Å²) >= 11 is 0. The van der Waals surface area contributed by atoms with Crippen molar-refractivity contribution in [3.63, 3.8) is 0 Å². The van der Waals surface area contributed by atoms with Gasteiger partial charge < -0.3 is 10.6 Å². The zero-order valence-corrected chi connectivity index (χ0v) is 13.0. The van der Waals surface area contributed by atoms with E-state index in [1.54, 1.807) is 0 Å². The third-order valence-electron chi connectivity index (χ3n) is 3.96. The van der Waals surface area contributed by atoms with Crippen molar-refractivity contribution in [1.29, 1.82) is 0 Å². The molecule has 1 aliphatic rings. The van der Waals surface area contributed by atoms with Gasteiger partial charge in [-0.3, -0.25) is 0 Å². The summed E-state index contributed by atoms with van der Waals surface area (Å²) in [7, 11) is 0. The van der Waals surface area contributed by atoms with Crippen LogP contribution in [-0.2, 0) is 6.54 Å². The summed E-state index contributed by atoms with van der Waals surface area (Å²) in [6, 6.07) is 19.9. The summed E-state index contributed by atoms with van der Waals surface area (Å²) in [5, 5.41) is 7.06. The van der Waals surface area contributed by atoms with Gasteiger partial charge in [-0.05, 0) is 42.6 Å². The number of hydrogen-bond donors (Lipinski definition) is 2. The van der Waals surface area contributed by atoms with Gasteiger partial charge in [-0.1, -0.05) is 48.9 Å². The Labute approximate surface area is 133 Å². The quantitative estimate of drug-likeness (QED) is 0.866. The Balaban J connectivity index is 0.00000161. The third-order valence-corrected chi connectivity index (χ3v) is 3.96. The Hall–Kier alpha value is -1.51. The average Bonchev–Trinajstić information content (AvgIpc) is 2.55. The Bertz CT molecular complexity index is 519. The van der Waals surface area contributed by atoms with Gasteiger partial charge in [0, 0.05) is 18.3 Å². The monoisotopic (exact) mass is 302 g/mol. The van der Waals surface area contributed by atoms with Gasteiger partial charge in [0.15, 0.2) is 0 Å². The van der Waals surface area contributed by atoms with Crippen LogP contribution in [0, 0.1) is 0 Å². The van der Waals surface area contributed by atoms with E-state index in [9.17, 15) is 0 Å². The summed E-state index contributed by atoms with van der Waals surface area (Å²) in [5.41, 5.74) is 3.91. The first-order valence-corrected chi connectivity index (χ1v) is 7.53. The van der Waals surface area contributed by atoms with Gasteiger partial charge in [0.05, 0.1) is 0 Å². The Morgan fingerprint density at radius 1 is 0.952 bits per heavy atom. The van der Waals surface area contributed by atoms with Gasteiger partial charge in [0.2, 0.25) is 0 Å². The van der Waals surface area contributed by atoms with Gasteiger partial charge in [-0.25, -0.2) is 0 Å². The van der Waals surface area contributed by atoms with Crippen LogP contribution in [0.25, 0.3) is 0 Å². The Morgan fingerprint density at radius 2 is 1.71 bits per heavy atom. The highest BCUT2D eigenvalue weighted by atomic mass is 35.5. The molecular weight excluding hydrogens is 280 g/mol. The van der Waals surface area contributed by atoms with Crippen LogP contribution in [0.3, 0.4) is 0 Å². The number of nitrogens with one attached hydrogen (secondary N) is 2. The molecule has 2 nitrogen and oxygen atoms in total. The molecule has 2 aromatic carbocycles. The lowest BCUT2D eigenvalue weighted by Crippen LogP contribution is -2.26. The molecule has 0 spiro atoms. The predicted octanol–water partition coefficient (Wildman–Crippen LogP) is 4.54. The van der Waals surface area contributed by atoms with Crippen LogP contribution < -0.4 is 10.6 Å². The lowest BCUT2D eigenvalue weighted by molar-refractivity contribution is 0.412. The van der Waals surface area contributed by atoms with E-state index >= 15 is 0 Å². The maximum absolute atomic E-state index is 3.59. The van der Waals surface area contributed by atoms with E-state index in [0.29, 0.717) is 6.04 Å². The van der Waals surface area contributed by atoms with Crippen molar-refractivity contribution in [3.05, 3.63) is 65.7 Å². The zero-order valence-electron chi connectivity index (χ0n) is 12.2. The lowest BCUT2D eigenvalue weighted by Gasteiger charge is -2.24. The number of benzene rings is 2. The van der Waals surface area contributed by atoms with Crippen LogP contribution in [0.15, 0.2) is 54.6 Å². The molecule has 112 valence electrons. The summed E-state index contributed by atoms with van der Waals surface area (Å²) in [4.78, 5) is 0. The summed E-state index contributed by atoms with van der Waals surface area (Å²) < 4.78 is 0. The van der Waals surface area contributed by atoms with Gasteiger partial charge in [0.1, 0.15) is 0 Å². The van der Waals surface area contributed by atoms with Crippen LogP contribution in [0.4, 0.5) is 5.69 Å². The fourth-order valence-electron chi connectivity index (χ4n) is 2.77. The van der Waals surface area contributed by atoms with Crippen LogP contribution >= 0.6 is 12.4 Å². The molecular formula is C18H23ClN2. The van der Waals surface area contributed by atoms with Gasteiger partial charge in [-0.2, -0.15) is 0 Å². The molecule has 21 heavy (non-hydrogen) atoms. The van der Waals surface area contributed by atoms with E-state index in [1.807, 2.05) is 0 Å². The second-order valence-corrected chi connectivity index (χ2v) is 5.46. The third kappa shape index (κ3) is 4.48. The molecule has 2 N–H and O–H groups in total. The highest BCUT2D eigenvalue weighted by Crippen LogP contribution is 2.24. The van der Waals surface area contributed by atoms with Crippen LogP contribution in [0.5, 0.6) is 0 Å². The van der Waals surface area contributed by atoms with Crippen LogP contribution in [0.1, 0.15) is 36.4 Å². The maximum Gasteiger partial charge on any atom is 0.0400 e. The molecule has 2 aromatic rings. The molecule has 3 rings (SSSR count). The first-order valence-electron chi connectivity index (χ1n) is 7.53. The summed E-state index contributed by atoms with van der Waals surface area (Å²) in [6.07, 6.45) is 3.91. The maximum atomic E-state index is 3.59. The van der Waals surface area contributed by atoms with E-state index < -0.39 is 0 Å². The van der Waals surface area contributed by atoms with Crippen molar-refractivity contribution in [1.82, 2.24) is 5.32 Å². The van der Waals surface area contributed by atoms with Crippen molar-refractivity contribution < 1.29 is 0 Å². The second-order valence-electron chi connectivity index (χ2n) is 5.46. The highest BCUT2D eigenvalue weighted by molar-refractivity contribution is 5.85. The minimum absolute atomic E-state index is 0. The van der Waals surface area contributed by atoms with Crippen molar-refractivity contribution in [2.75, 3.05) is 11.9 Å². The molecule has 0 unspecified atom stereocenters. The van der Waals surface area contributed by atoms with Gasteiger partial charge >= 0.3 is 0 Å². The van der Waals surface area contributed by atoms with Crippen molar-refractivity contribution in [2.45, 2.75) is 31.8 Å². The van der Waals surface area contributed by atoms with E-state index in [-0.39, 0.29) is 12.4 Å². The van der Waals surface area contributed by atoms with Crippen molar-refractivity contribution in [3.8, 4) is 0 Å². The molecule has 1 atom stereocenters. The topological polar surface area (TPSA) is 24.1 Å². The van der Waals surface area contributed by atoms with Gasteiger partial charge in [0.25, 0.3) is 0 Å². The minimum atomic E-state index is 0.